The molecule has 208 valence electrons. The molecule has 0 spiro atoms. The van der Waals surface area contributed by atoms with E-state index in [1.165, 1.54) is 11.8 Å². The second-order valence-electron chi connectivity index (χ2n) is 11.4. The monoisotopic (exact) mass is 538 g/mol. The molecule has 3 aromatic heterocycles. The van der Waals surface area contributed by atoms with Gasteiger partial charge in [-0.3, -0.25) is 9.97 Å². The summed E-state index contributed by atoms with van der Waals surface area (Å²) in [5.41, 5.74) is 17.9. The molecule has 40 heavy (non-hydrogen) atoms. The zero-order valence-corrected chi connectivity index (χ0v) is 23.9. The van der Waals surface area contributed by atoms with E-state index in [2.05, 4.69) is 85.7 Å². The van der Waals surface area contributed by atoms with E-state index in [0.717, 1.165) is 28.0 Å². The van der Waals surface area contributed by atoms with Gasteiger partial charge in [0.25, 0.3) is 0 Å². The number of pyridine rings is 2. The molecule has 3 heterocycles. The molecule has 0 amide bonds. The van der Waals surface area contributed by atoms with E-state index in [4.69, 9.17) is 16.6 Å². The Morgan fingerprint density at radius 3 is 1.70 bits per heavy atom. The average Bonchev–Trinajstić information content (AvgIpc) is 3.35. The minimum absolute atomic E-state index is 0.0804. The van der Waals surface area contributed by atoms with E-state index >= 15 is 0 Å². The number of aromatic amines is 1. The van der Waals surface area contributed by atoms with Crippen molar-refractivity contribution in [3.8, 4) is 11.4 Å². The smallest absolute Gasteiger partial charge is 0.335 e. The van der Waals surface area contributed by atoms with Crippen molar-refractivity contribution in [2.45, 2.75) is 52.4 Å². The topological polar surface area (TPSA) is 144 Å². The van der Waals surface area contributed by atoms with Crippen molar-refractivity contribution in [2.24, 2.45) is 0 Å². The van der Waals surface area contributed by atoms with Gasteiger partial charge < -0.3 is 21.6 Å². The van der Waals surface area contributed by atoms with Crippen molar-refractivity contribution in [1.29, 1.82) is 0 Å². The molecule has 8 nitrogen and oxygen atoms in total. The van der Waals surface area contributed by atoms with E-state index in [-0.39, 0.29) is 10.8 Å². The van der Waals surface area contributed by atoms with Gasteiger partial charge in [0, 0.05) is 18.0 Å². The first kappa shape index (κ1) is 29.8. The molecule has 0 radical (unpaired) electrons. The number of nitrogen functional groups attached to an aromatic ring is 2. The molecule has 0 saturated heterocycles. The van der Waals surface area contributed by atoms with Crippen LogP contribution in [-0.4, -0.2) is 31.0 Å². The molecule has 0 aliphatic carbocycles. The molecule has 0 atom stereocenters. The third-order valence-electron chi connectivity index (χ3n) is 6.19. The van der Waals surface area contributed by atoms with E-state index in [1.54, 1.807) is 36.8 Å². The van der Waals surface area contributed by atoms with Crippen LogP contribution in [0.3, 0.4) is 0 Å². The third kappa shape index (κ3) is 8.14. The molecule has 0 unspecified atom stereocenters. The molecule has 8 heteroatoms. The first-order valence-electron chi connectivity index (χ1n) is 12.9. The Morgan fingerprint density at radius 1 is 0.725 bits per heavy atom. The number of fused-ring (bicyclic) bond motifs is 1. The SMILES string of the molecule is CC(C)(C)c1ccc(-c2nc3ccncc3[nH]2)cc1.CC(C)(C)c1ccc(C(=O)O)cc1.Nc1ccncc1N. The van der Waals surface area contributed by atoms with Crippen molar-refractivity contribution < 1.29 is 9.90 Å². The summed E-state index contributed by atoms with van der Waals surface area (Å²) in [6, 6.07) is 19.2. The zero-order chi connectivity index (χ0) is 29.5. The number of nitrogens with zero attached hydrogens (tertiary/aromatic N) is 3. The molecule has 0 bridgehead atoms. The van der Waals surface area contributed by atoms with Crippen LogP contribution in [0.4, 0.5) is 11.4 Å². The normalized spacial score (nSPS) is 11.2. The summed E-state index contributed by atoms with van der Waals surface area (Å²) < 4.78 is 0. The maximum atomic E-state index is 10.6. The van der Waals surface area contributed by atoms with Crippen LogP contribution in [0.1, 0.15) is 63.0 Å². The molecule has 5 rings (SSSR count). The number of carboxylic acids is 1. The van der Waals surface area contributed by atoms with Crippen LogP contribution in [-0.2, 0) is 10.8 Å². The van der Waals surface area contributed by atoms with Crippen LogP contribution >= 0.6 is 0 Å². The van der Waals surface area contributed by atoms with Gasteiger partial charge in [0.2, 0.25) is 0 Å². The lowest BCUT2D eigenvalue weighted by Crippen LogP contribution is -2.11. The van der Waals surface area contributed by atoms with Crippen LogP contribution in [0.15, 0.2) is 85.5 Å². The number of imidazole rings is 1. The van der Waals surface area contributed by atoms with Gasteiger partial charge >= 0.3 is 5.97 Å². The largest absolute Gasteiger partial charge is 0.478 e. The predicted molar refractivity (Wildman–Crippen MR) is 163 cm³/mol. The quantitative estimate of drug-likeness (QED) is 0.192. The zero-order valence-electron chi connectivity index (χ0n) is 23.9. The van der Waals surface area contributed by atoms with E-state index in [9.17, 15) is 4.79 Å². The van der Waals surface area contributed by atoms with Gasteiger partial charge in [0.15, 0.2) is 0 Å². The number of H-pyrrole nitrogens is 1. The Bertz CT molecular complexity index is 1490. The number of carboxylic acid groups (broad SMARTS) is 1. The Hall–Kier alpha value is -4.72. The van der Waals surface area contributed by atoms with E-state index in [0.29, 0.717) is 16.9 Å². The second kappa shape index (κ2) is 12.4. The lowest BCUT2D eigenvalue weighted by molar-refractivity contribution is 0.0697. The number of hydrogen-bond acceptors (Lipinski definition) is 6. The molecule has 0 aliphatic rings. The van der Waals surface area contributed by atoms with Crippen molar-refractivity contribution in [1.82, 2.24) is 19.9 Å². The average molecular weight is 539 g/mol. The number of nitrogens with one attached hydrogen (secondary N) is 1. The third-order valence-corrected chi connectivity index (χ3v) is 6.19. The second-order valence-corrected chi connectivity index (χ2v) is 11.4. The molecule has 0 saturated carbocycles. The minimum atomic E-state index is -0.875. The Balaban J connectivity index is 0.000000182. The Morgan fingerprint density at radius 2 is 1.25 bits per heavy atom. The highest BCUT2D eigenvalue weighted by atomic mass is 16.4. The number of benzene rings is 2. The van der Waals surface area contributed by atoms with Gasteiger partial charge in [-0.2, -0.15) is 0 Å². The van der Waals surface area contributed by atoms with Crippen molar-refractivity contribution in [2.75, 3.05) is 11.5 Å². The van der Waals surface area contributed by atoms with Gasteiger partial charge in [-0.1, -0.05) is 77.9 Å². The van der Waals surface area contributed by atoms with Gasteiger partial charge in [-0.15, -0.1) is 0 Å². The van der Waals surface area contributed by atoms with Gasteiger partial charge in [-0.25, -0.2) is 9.78 Å². The minimum Gasteiger partial charge on any atom is -0.478 e. The fourth-order valence-corrected chi connectivity index (χ4v) is 3.65. The first-order chi connectivity index (χ1) is 18.8. The lowest BCUT2D eigenvalue weighted by Gasteiger charge is -2.18. The van der Waals surface area contributed by atoms with Crippen LogP contribution in [0.2, 0.25) is 0 Å². The van der Waals surface area contributed by atoms with Crippen molar-refractivity contribution in [3.05, 3.63) is 102 Å². The maximum Gasteiger partial charge on any atom is 0.335 e. The summed E-state index contributed by atoms with van der Waals surface area (Å²) in [6.45, 7) is 13.0. The number of rotatable bonds is 2. The molecule has 0 fully saturated rings. The maximum absolute atomic E-state index is 10.6. The fourth-order valence-electron chi connectivity index (χ4n) is 3.65. The molecule has 6 N–H and O–H groups in total. The van der Waals surface area contributed by atoms with Crippen molar-refractivity contribution in [3.63, 3.8) is 0 Å². The van der Waals surface area contributed by atoms with E-state index in [1.807, 2.05) is 18.2 Å². The van der Waals surface area contributed by atoms with Crippen molar-refractivity contribution >= 4 is 28.4 Å². The predicted octanol–water partition coefficient (Wildman–Crippen LogP) is 6.85. The fraction of sp³-hybridized carbons (Fsp3) is 0.250. The highest BCUT2D eigenvalue weighted by Gasteiger charge is 2.14. The molecule has 0 aliphatic heterocycles. The highest BCUT2D eigenvalue weighted by Crippen LogP contribution is 2.26. The Labute approximate surface area is 235 Å². The number of carbonyl (C=O) groups is 1. The van der Waals surface area contributed by atoms with Crippen LogP contribution < -0.4 is 11.5 Å². The van der Waals surface area contributed by atoms with Gasteiger partial charge in [-0.05, 0) is 46.2 Å². The molecular weight excluding hydrogens is 500 g/mol. The summed E-state index contributed by atoms with van der Waals surface area (Å²) in [4.78, 5) is 26.3. The van der Waals surface area contributed by atoms with Crippen LogP contribution in [0, 0.1) is 0 Å². The number of hydrogen-bond donors (Lipinski definition) is 4. The standard InChI is InChI=1S/C16H17N3.C11H14O2.C5H7N3/c1-16(2,3)12-6-4-11(5-7-12)15-18-13-8-9-17-10-14(13)19-15;1-11(2,3)9-6-4-8(5-7-9)10(12)13;6-4-1-2-8-3-5(4)7/h4-10H,1-3H3,(H,18,19);4-7H,1-3H3,(H,12,13);1-3H,7H2,(H2,6,8). The van der Waals surface area contributed by atoms with Gasteiger partial charge in [0.1, 0.15) is 5.82 Å². The van der Waals surface area contributed by atoms with E-state index < -0.39 is 5.97 Å². The summed E-state index contributed by atoms with van der Waals surface area (Å²) in [6.07, 6.45) is 6.69. The molecular formula is C32H38N6O2. The lowest BCUT2D eigenvalue weighted by atomic mass is 9.87. The number of aromatic nitrogens is 4. The molecule has 5 aromatic rings. The first-order valence-corrected chi connectivity index (χ1v) is 12.9. The summed E-state index contributed by atoms with van der Waals surface area (Å²) in [7, 11) is 0. The Kier molecular flexibility index (Phi) is 9.27. The van der Waals surface area contributed by atoms with Crippen LogP contribution in [0.5, 0.6) is 0 Å². The number of anilines is 2. The van der Waals surface area contributed by atoms with Crippen LogP contribution in [0.25, 0.3) is 22.4 Å². The highest BCUT2D eigenvalue weighted by molar-refractivity contribution is 5.87. The number of nitrogens with two attached hydrogens (primary N) is 2. The number of aromatic carboxylic acids is 1. The van der Waals surface area contributed by atoms with Gasteiger partial charge in [0.05, 0.1) is 40.4 Å². The molecule has 2 aromatic carbocycles. The summed E-state index contributed by atoms with van der Waals surface area (Å²) in [5.74, 6) is 0.0175. The summed E-state index contributed by atoms with van der Waals surface area (Å²) in [5, 5.41) is 8.68. The summed E-state index contributed by atoms with van der Waals surface area (Å²) >= 11 is 0.